The van der Waals surface area contributed by atoms with E-state index in [0.29, 0.717) is 6.54 Å². The van der Waals surface area contributed by atoms with Gasteiger partial charge >= 0.3 is 12.1 Å². The second kappa shape index (κ2) is 7.60. The number of benzene rings is 2. The number of carboxylic acid groups (broad SMARTS) is 1. The maximum atomic E-state index is 12.4. The maximum Gasteiger partial charge on any atom is 0.410 e. The zero-order valence-electron chi connectivity index (χ0n) is 15.0. The number of rotatable bonds is 4. The molecule has 1 fully saturated rings. The van der Waals surface area contributed by atoms with Gasteiger partial charge in [-0.15, -0.1) is 0 Å². The van der Waals surface area contributed by atoms with Crippen molar-refractivity contribution in [3.05, 3.63) is 70.8 Å². The number of carbonyl (C=O) groups is 2. The Labute approximate surface area is 153 Å². The Morgan fingerprint density at radius 1 is 1.04 bits per heavy atom. The smallest absolute Gasteiger partial charge is 0.410 e. The highest BCUT2D eigenvalue weighted by Crippen LogP contribution is 2.36. The standard InChI is InChI=1S/C21H23NO4/c1-14-7-6-8-15(2)19(14)17-11-22(12-18(17)20(23)24)21(25)26-13-16-9-4-3-5-10-16/h3-10,17-18H,11-13H2,1-2H3,(H,23,24). The van der Waals surface area contributed by atoms with E-state index >= 15 is 0 Å². The minimum atomic E-state index is -0.879. The van der Waals surface area contributed by atoms with Gasteiger partial charge in [-0.3, -0.25) is 4.79 Å². The fraction of sp³-hybridized carbons (Fsp3) is 0.333. The summed E-state index contributed by atoms with van der Waals surface area (Å²) >= 11 is 0. The number of aryl methyl sites for hydroxylation is 2. The van der Waals surface area contributed by atoms with Gasteiger partial charge in [0, 0.05) is 19.0 Å². The molecule has 26 heavy (non-hydrogen) atoms. The summed E-state index contributed by atoms with van der Waals surface area (Å²) in [6, 6.07) is 15.4. The predicted molar refractivity (Wildman–Crippen MR) is 98.0 cm³/mol. The van der Waals surface area contributed by atoms with Gasteiger partial charge in [-0.25, -0.2) is 4.79 Å². The molecule has 0 spiro atoms. The third kappa shape index (κ3) is 3.72. The van der Waals surface area contributed by atoms with Gasteiger partial charge in [0.05, 0.1) is 5.92 Å². The van der Waals surface area contributed by atoms with Crippen LogP contribution in [-0.2, 0) is 16.1 Å². The van der Waals surface area contributed by atoms with Gasteiger partial charge in [0.2, 0.25) is 0 Å². The monoisotopic (exact) mass is 353 g/mol. The average Bonchev–Trinajstić information content (AvgIpc) is 3.06. The molecule has 0 aromatic heterocycles. The van der Waals surface area contributed by atoms with Crippen molar-refractivity contribution in [2.24, 2.45) is 5.92 Å². The Balaban J connectivity index is 1.75. The van der Waals surface area contributed by atoms with E-state index in [1.54, 1.807) is 0 Å². The van der Waals surface area contributed by atoms with Crippen LogP contribution in [0, 0.1) is 19.8 Å². The molecule has 1 heterocycles. The molecule has 3 rings (SSSR count). The van der Waals surface area contributed by atoms with Crippen LogP contribution in [-0.4, -0.2) is 35.2 Å². The molecular formula is C21H23NO4. The SMILES string of the molecule is Cc1cccc(C)c1C1CN(C(=O)OCc2ccccc2)CC1C(=O)O. The second-order valence-corrected chi connectivity index (χ2v) is 6.80. The van der Waals surface area contributed by atoms with Crippen molar-refractivity contribution in [3.63, 3.8) is 0 Å². The third-order valence-corrected chi connectivity index (χ3v) is 5.01. The van der Waals surface area contributed by atoms with E-state index < -0.39 is 18.0 Å². The highest BCUT2D eigenvalue weighted by atomic mass is 16.6. The summed E-state index contributed by atoms with van der Waals surface area (Å²) in [5.41, 5.74) is 4.04. The zero-order chi connectivity index (χ0) is 18.7. The Morgan fingerprint density at radius 3 is 2.31 bits per heavy atom. The summed E-state index contributed by atoms with van der Waals surface area (Å²) in [6.07, 6.45) is -0.464. The lowest BCUT2D eigenvalue weighted by molar-refractivity contribution is -0.141. The number of likely N-dealkylation sites (tertiary alicyclic amines) is 1. The van der Waals surface area contributed by atoms with Crippen molar-refractivity contribution < 1.29 is 19.4 Å². The molecule has 1 aliphatic rings. The lowest BCUT2D eigenvalue weighted by atomic mass is 9.84. The van der Waals surface area contributed by atoms with E-state index in [0.717, 1.165) is 22.3 Å². The van der Waals surface area contributed by atoms with E-state index in [2.05, 4.69) is 0 Å². The summed E-state index contributed by atoms with van der Waals surface area (Å²) in [7, 11) is 0. The molecular weight excluding hydrogens is 330 g/mol. The van der Waals surface area contributed by atoms with Crippen molar-refractivity contribution in [3.8, 4) is 0 Å². The Morgan fingerprint density at radius 2 is 1.69 bits per heavy atom. The first-order valence-corrected chi connectivity index (χ1v) is 8.72. The number of nitrogens with zero attached hydrogens (tertiary/aromatic N) is 1. The second-order valence-electron chi connectivity index (χ2n) is 6.80. The van der Waals surface area contributed by atoms with Crippen LogP contribution in [0.4, 0.5) is 4.79 Å². The zero-order valence-corrected chi connectivity index (χ0v) is 15.0. The van der Waals surface area contributed by atoms with E-state index in [1.807, 2.05) is 62.4 Å². The number of carboxylic acids is 1. The van der Waals surface area contributed by atoms with E-state index in [9.17, 15) is 14.7 Å². The minimum Gasteiger partial charge on any atom is -0.481 e. The van der Waals surface area contributed by atoms with Crippen LogP contribution in [0.3, 0.4) is 0 Å². The van der Waals surface area contributed by atoms with Crippen LogP contribution in [0.15, 0.2) is 48.5 Å². The molecule has 1 N–H and O–H groups in total. The van der Waals surface area contributed by atoms with E-state index in [4.69, 9.17) is 4.74 Å². The van der Waals surface area contributed by atoms with Crippen molar-refractivity contribution in [2.45, 2.75) is 26.4 Å². The Kier molecular flexibility index (Phi) is 5.26. The number of ether oxygens (including phenoxy) is 1. The summed E-state index contributed by atoms with van der Waals surface area (Å²) in [6.45, 7) is 4.68. The molecule has 136 valence electrons. The first-order valence-electron chi connectivity index (χ1n) is 8.72. The van der Waals surface area contributed by atoms with Crippen LogP contribution in [0.25, 0.3) is 0 Å². The van der Waals surface area contributed by atoms with Crippen LogP contribution in [0.1, 0.15) is 28.2 Å². The van der Waals surface area contributed by atoms with E-state index in [1.165, 1.54) is 4.90 Å². The molecule has 1 aliphatic heterocycles. The number of carbonyl (C=O) groups excluding carboxylic acids is 1. The van der Waals surface area contributed by atoms with Gasteiger partial charge in [-0.1, -0.05) is 48.5 Å². The van der Waals surface area contributed by atoms with Crippen LogP contribution < -0.4 is 0 Å². The van der Waals surface area contributed by atoms with Crippen LogP contribution in [0.2, 0.25) is 0 Å². The molecule has 5 heteroatoms. The number of aliphatic carboxylic acids is 1. The highest BCUT2D eigenvalue weighted by molar-refractivity contribution is 5.76. The van der Waals surface area contributed by atoms with Crippen molar-refractivity contribution in [1.29, 1.82) is 0 Å². The highest BCUT2D eigenvalue weighted by Gasteiger charge is 2.42. The van der Waals surface area contributed by atoms with Gasteiger partial charge in [0.15, 0.2) is 0 Å². The molecule has 0 aliphatic carbocycles. The third-order valence-electron chi connectivity index (χ3n) is 5.01. The average molecular weight is 353 g/mol. The van der Waals surface area contributed by atoms with Crippen LogP contribution in [0.5, 0.6) is 0 Å². The van der Waals surface area contributed by atoms with Crippen molar-refractivity contribution >= 4 is 12.1 Å². The Bertz CT molecular complexity index is 783. The number of hydrogen-bond donors (Lipinski definition) is 1. The molecule has 1 saturated heterocycles. The molecule has 5 nitrogen and oxygen atoms in total. The predicted octanol–water partition coefficient (Wildman–Crippen LogP) is 3.74. The lowest BCUT2D eigenvalue weighted by Gasteiger charge is -2.20. The summed E-state index contributed by atoms with van der Waals surface area (Å²) in [5.74, 6) is -1.73. The first-order chi connectivity index (χ1) is 12.5. The molecule has 2 aromatic rings. The summed E-state index contributed by atoms with van der Waals surface area (Å²) in [4.78, 5) is 25.7. The van der Waals surface area contributed by atoms with Crippen molar-refractivity contribution in [1.82, 2.24) is 4.90 Å². The minimum absolute atomic E-state index is 0.168. The van der Waals surface area contributed by atoms with Gasteiger partial charge < -0.3 is 14.7 Å². The molecule has 2 aromatic carbocycles. The topological polar surface area (TPSA) is 66.8 Å². The number of amides is 1. The maximum absolute atomic E-state index is 12.4. The fourth-order valence-corrected chi connectivity index (χ4v) is 3.72. The molecule has 0 bridgehead atoms. The summed E-state index contributed by atoms with van der Waals surface area (Å²) < 4.78 is 5.38. The van der Waals surface area contributed by atoms with Crippen LogP contribution >= 0.6 is 0 Å². The van der Waals surface area contributed by atoms with Gasteiger partial charge in [-0.2, -0.15) is 0 Å². The van der Waals surface area contributed by atoms with E-state index in [-0.39, 0.29) is 19.1 Å². The van der Waals surface area contributed by atoms with Gasteiger partial charge in [0.25, 0.3) is 0 Å². The van der Waals surface area contributed by atoms with Crippen molar-refractivity contribution in [2.75, 3.05) is 13.1 Å². The fourth-order valence-electron chi connectivity index (χ4n) is 3.72. The molecule has 2 unspecified atom stereocenters. The van der Waals surface area contributed by atoms with Gasteiger partial charge in [-0.05, 0) is 36.1 Å². The quantitative estimate of drug-likeness (QED) is 0.909. The Hall–Kier alpha value is -2.82. The largest absolute Gasteiger partial charge is 0.481 e. The first kappa shape index (κ1) is 18.0. The molecule has 1 amide bonds. The normalized spacial score (nSPS) is 19.4. The lowest BCUT2D eigenvalue weighted by Crippen LogP contribution is -2.30. The number of hydrogen-bond acceptors (Lipinski definition) is 3. The van der Waals surface area contributed by atoms with Gasteiger partial charge in [0.1, 0.15) is 6.61 Å². The molecule has 0 radical (unpaired) electrons. The molecule has 0 saturated carbocycles. The molecule has 2 atom stereocenters. The summed E-state index contributed by atoms with van der Waals surface area (Å²) in [5, 5.41) is 9.66.